The zero-order valence-electron chi connectivity index (χ0n) is 21.1. The van der Waals surface area contributed by atoms with Crippen LogP contribution in [0.25, 0.3) is 6.08 Å². The lowest BCUT2D eigenvalue weighted by Crippen LogP contribution is -2.42. The maximum atomic E-state index is 13.5. The monoisotopic (exact) mass is 467 g/mol. The summed E-state index contributed by atoms with van der Waals surface area (Å²) in [5.41, 5.74) is 3.69. The molecular formula is C31H33NO3. The number of hydrogen-bond acceptors (Lipinski definition) is 3. The van der Waals surface area contributed by atoms with Crippen LogP contribution in [0.3, 0.4) is 0 Å². The first-order valence-corrected chi connectivity index (χ1v) is 12.0. The lowest BCUT2D eigenvalue weighted by atomic mass is 9.81. The first-order valence-electron chi connectivity index (χ1n) is 12.0. The average Bonchev–Trinajstić information content (AvgIpc) is 3.00. The summed E-state index contributed by atoms with van der Waals surface area (Å²) in [6, 6.07) is 21.1. The molecule has 0 aromatic heterocycles. The van der Waals surface area contributed by atoms with E-state index in [2.05, 4.69) is 20.8 Å². The molecular weight excluding hydrogens is 434 g/mol. The number of hydrogen-bond donors (Lipinski definition) is 1. The second-order valence-corrected chi connectivity index (χ2v) is 10.4. The highest BCUT2D eigenvalue weighted by atomic mass is 16.3. The zero-order valence-corrected chi connectivity index (χ0v) is 21.1. The second kappa shape index (κ2) is 9.27. The number of nitrogens with zero attached hydrogens (tertiary/aromatic N) is 1. The molecule has 0 radical (unpaired) electrons. The van der Waals surface area contributed by atoms with Crippen molar-refractivity contribution in [3.63, 3.8) is 0 Å². The number of carbonyl (C=O) groups excluding carboxylic acids is 2. The predicted octanol–water partition coefficient (Wildman–Crippen LogP) is 6.12. The highest BCUT2D eigenvalue weighted by Gasteiger charge is 2.50. The third-order valence-electron chi connectivity index (χ3n) is 6.73. The summed E-state index contributed by atoms with van der Waals surface area (Å²) in [7, 11) is 0. The molecule has 0 fully saturated rings. The van der Waals surface area contributed by atoms with Crippen molar-refractivity contribution in [2.75, 3.05) is 11.4 Å². The number of ketones is 1. The molecule has 0 saturated heterocycles. The van der Waals surface area contributed by atoms with Crippen molar-refractivity contribution < 1.29 is 14.7 Å². The van der Waals surface area contributed by atoms with Crippen molar-refractivity contribution in [3.8, 4) is 0 Å². The smallest absolute Gasteiger partial charge is 0.264 e. The van der Waals surface area contributed by atoms with Gasteiger partial charge >= 0.3 is 0 Å². The standard InChI is InChI=1S/C31H33NO3/c1-21-18-24(30(3,4)5)19-22(2)28(21)27(33)20-31(35)25-15-9-10-16-26(25)32(29(31)34)17-11-14-23-12-7-6-8-13-23/h6-16,18-19,35H,17,20H2,1-5H3/b14-11+. The van der Waals surface area contributed by atoms with E-state index in [9.17, 15) is 14.7 Å². The minimum Gasteiger partial charge on any atom is -0.375 e. The van der Waals surface area contributed by atoms with Gasteiger partial charge in [0.2, 0.25) is 0 Å². The molecule has 4 rings (SSSR count). The molecule has 4 heteroatoms. The summed E-state index contributed by atoms with van der Waals surface area (Å²) < 4.78 is 0. The zero-order chi connectivity index (χ0) is 25.4. The van der Waals surface area contributed by atoms with E-state index in [1.54, 1.807) is 17.0 Å². The number of aryl methyl sites for hydroxylation is 2. The predicted molar refractivity (Wildman–Crippen MR) is 142 cm³/mol. The fourth-order valence-corrected chi connectivity index (χ4v) is 4.87. The van der Waals surface area contributed by atoms with Gasteiger partial charge in [0.25, 0.3) is 5.91 Å². The van der Waals surface area contributed by atoms with Crippen LogP contribution in [0, 0.1) is 13.8 Å². The van der Waals surface area contributed by atoms with E-state index in [0.29, 0.717) is 23.4 Å². The van der Waals surface area contributed by atoms with Gasteiger partial charge in [0.1, 0.15) is 0 Å². The molecule has 1 amide bonds. The summed E-state index contributed by atoms with van der Waals surface area (Å²) in [4.78, 5) is 28.6. The fraction of sp³-hybridized carbons (Fsp3) is 0.290. The van der Waals surface area contributed by atoms with Crippen molar-refractivity contribution in [1.82, 2.24) is 0 Å². The van der Waals surface area contributed by atoms with Crippen molar-refractivity contribution in [2.45, 2.75) is 52.1 Å². The van der Waals surface area contributed by atoms with Gasteiger partial charge in [-0.15, -0.1) is 0 Å². The van der Waals surface area contributed by atoms with Crippen LogP contribution >= 0.6 is 0 Å². The van der Waals surface area contributed by atoms with Gasteiger partial charge in [-0.1, -0.05) is 93.6 Å². The minimum absolute atomic E-state index is 0.0383. The molecule has 0 saturated carbocycles. The summed E-state index contributed by atoms with van der Waals surface area (Å²) in [5, 5.41) is 11.7. The highest BCUT2D eigenvalue weighted by molar-refractivity contribution is 6.11. The van der Waals surface area contributed by atoms with Gasteiger partial charge in [-0.3, -0.25) is 9.59 Å². The molecule has 4 nitrogen and oxygen atoms in total. The van der Waals surface area contributed by atoms with Crippen LogP contribution in [-0.2, 0) is 15.8 Å². The lowest BCUT2D eigenvalue weighted by Gasteiger charge is -2.25. The maximum absolute atomic E-state index is 13.5. The third kappa shape index (κ3) is 4.71. The molecule has 1 N–H and O–H groups in total. The Morgan fingerprint density at radius 2 is 1.57 bits per heavy atom. The second-order valence-electron chi connectivity index (χ2n) is 10.4. The number of aliphatic hydroxyl groups is 1. The highest BCUT2D eigenvalue weighted by Crippen LogP contribution is 2.43. The molecule has 1 heterocycles. The average molecular weight is 468 g/mol. The van der Waals surface area contributed by atoms with Gasteiger partial charge in [0.05, 0.1) is 12.1 Å². The molecule has 180 valence electrons. The Hall–Kier alpha value is -3.50. The minimum atomic E-state index is -1.89. The quantitative estimate of drug-likeness (QED) is 0.444. The molecule has 1 aliphatic heterocycles. The van der Waals surface area contributed by atoms with E-state index < -0.39 is 11.5 Å². The Morgan fingerprint density at radius 1 is 0.971 bits per heavy atom. The molecule has 35 heavy (non-hydrogen) atoms. The maximum Gasteiger partial charge on any atom is 0.264 e. The number of para-hydroxylation sites is 1. The summed E-state index contributed by atoms with van der Waals surface area (Å²) >= 11 is 0. The van der Waals surface area contributed by atoms with Crippen molar-refractivity contribution in [3.05, 3.63) is 106 Å². The molecule has 3 aromatic rings. The number of carbonyl (C=O) groups is 2. The third-order valence-corrected chi connectivity index (χ3v) is 6.73. The Labute approximate surface area is 207 Å². The van der Waals surface area contributed by atoms with Crippen LogP contribution in [0.4, 0.5) is 5.69 Å². The molecule has 0 aliphatic carbocycles. The number of anilines is 1. The molecule has 1 unspecified atom stereocenters. The number of Topliss-reactive ketones (excluding diaryl/α,β-unsaturated/α-hetero) is 1. The first kappa shape index (κ1) is 24.6. The van der Waals surface area contributed by atoms with Crippen LogP contribution < -0.4 is 4.90 Å². The molecule has 1 aliphatic rings. The van der Waals surface area contributed by atoms with E-state index in [0.717, 1.165) is 22.3 Å². The van der Waals surface area contributed by atoms with E-state index in [-0.39, 0.29) is 17.6 Å². The van der Waals surface area contributed by atoms with Gasteiger partial charge in [0.15, 0.2) is 11.4 Å². The number of amides is 1. The summed E-state index contributed by atoms with van der Waals surface area (Å²) in [6.07, 6.45) is 3.55. The first-order chi connectivity index (χ1) is 16.5. The van der Waals surface area contributed by atoms with Crippen molar-refractivity contribution >= 4 is 23.5 Å². The molecule has 0 spiro atoms. The molecule has 0 bridgehead atoms. The van der Waals surface area contributed by atoms with Crippen molar-refractivity contribution in [1.29, 1.82) is 0 Å². The van der Waals surface area contributed by atoms with Gasteiger partial charge in [-0.25, -0.2) is 0 Å². The van der Waals surface area contributed by atoms with Crippen LogP contribution in [0.1, 0.15) is 65.4 Å². The summed E-state index contributed by atoms with van der Waals surface area (Å²) in [6.45, 7) is 10.6. The number of benzene rings is 3. The van der Waals surface area contributed by atoms with E-state index in [1.807, 2.05) is 80.6 Å². The Kier molecular flexibility index (Phi) is 6.52. The normalized spacial score (nSPS) is 17.8. The SMILES string of the molecule is Cc1cc(C(C)(C)C)cc(C)c1C(=O)CC1(O)C(=O)N(C/C=C/c2ccccc2)c2ccccc21. The van der Waals surface area contributed by atoms with E-state index >= 15 is 0 Å². The Balaban J connectivity index is 1.63. The Bertz CT molecular complexity index is 1280. The van der Waals surface area contributed by atoms with E-state index in [1.165, 1.54) is 0 Å². The van der Waals surface area contributed by atoms with Gasteiger partial charge < -0.3 is 10.0 Å². The van der Waals surface area contributed by atoms with Crippen LogP contribution in [-0.4, -0.2) is 23.3 Å². The van der Waals surface area contributed by atoms with Gasteiger partial charge in [-0.05, 0) is 47.6 Å². The Morgan fingerprint density at radius 3 is 2.20 bits per heavy atom. The molecule has 1 atom stereocenters. The van der Waals surface area contributed by atoms with Gasteiger partial charge in [0, 0.05) is 17.7 Å². The number of fused-ring (bicyclic) bond motifs is 1. The van der Waals surface area contributed by atoms with Gasteiger partial charge in [-0.2, -0.15) is 0 Å². The largest absolute Gasteiger partial charge is 0.375 e. The number of rotatable bonds is 6. The van der Waals surface area contributed by atoms with Crippen LogP contribution in [0.15, 0.2) is 72.8 Å². The summed E-state index contributed by atoms with van der Waals surface area (Å²) in [5.74, 6) is -0.695. The fourth-order valence-electron chi connectivity index (χ4n) is 4.87. The van der Waals surface area contributed by atoms with Crippen molar-refractivity contribution in [2.24, 2.45) is 0 Å². The molecule has 3 aromatic carbocycles. The van der Waals surface area contributed by atoms with E-state index in [4.69, 9.17) is 0 Å². The van der Waals surface area contributed by atoms with Crippen LogP contribution in [0.5, 0.6) is 0 Å². The lowest BCUT2D eigenvalue weighted by molar-refractivity contribution is -0.135. The van der Waals surface area contributed by atoms with Crippen LogP contribution in [0.2, 0.25) is 0 Å². The topological polar surface area (TPSA) is 57.6 Å².